The maximum Gasteiger partial charge on any atom is 0.194 e. The van der Waals surface area contributed by atoms with Crippen molar-refractivity contribution in [1.82, 2.24) is 0 Å². The summed E-state index contributed by atoms with van der Waals surface area (Å²) in [5, 5.41) is 0. The van der Waals surface area contributed by atoms with Crippen LogP contribution in [0, 0.1) is 17.5 Å². The summed E-state index contributed by atoms with van der Waals surface area (Å²) >= 11 is 1.57. The fourth-order valence-electron chi connectivity index (χ4n) is 1.51. The zero-order valence-electron chi connectivity index (χ0n) is 9.01. The molecule has 0 fully saturated rings. The molecule has 0 aromatic heterocycles. The Hall–Kier alpha value is -1.42. The van der Waals surface area contributed by atoms with E-state index in [2.05, 4.69) is 0 Å². The van der Waals surface area contributed by atoms with Gasteiger partial charge in [0.15, 0.2) is 17.5 Å². The van der Waals surface area contributed by atoms with E-state index in [1.54, 1.807) is 23.9 Å². The highest BCUT2D eigenvalue weighted by Gasteiger charge is 2.11. The molecule has 2 rings (SSSR count). The lowest BCUT2D eigenvalue weighted by Gasteiger charge is -2.04. The molecule has 0 bridgehead atoms. The van der Waals surface area contributed by atoms with Crippen LogP contribution >= 0.6 is 11.8 Å². The van der Waals surface area contributed by atoms with Gasteiger partial charge in [-0.15, -0.1) is 11.8 Å². The highest BCUT2D eigenvalue weighted by Crippen LogP contribution is 2.25. The minimum Gasteiger partial charge on any atom is -0.204 e. The lowest BCUT2D eigenvalue weighted by atomic mass is 10.1. The number of hydrogen-bond acceptors (Lipinski definition) is 1. The van der Waals surface area contributed by atoms with Crippen molar-refractivity contribution < 1.29 is 13.2 Å². The van der Waals surface area contributed by atoms with Crippen LogP contribution in [0.3, 0.4) is 0 Å². The SMILES string of the molecule is CSc1ccc(-c2cc(F)c(F)c(F)c2)cc1. The largest absolute Gasteiger partial charge is 0.204 e. The van der Waals surface area contributed by atoms with Gasteiger partial charge in [-0.05, 0) is 41.6 Å². The van der Waals surface area contributed by atoms with Gasteiger partial charge in [-0.2, -0.15) is 0 Å². The number of benzene rings is 2. The molecule has 0 radical (unpaired) electrons. The van der Waals surface area contributed by atoms with Crippen LogP contribution in [-0.4, -0.2) is 6.26 Å². The maximum atomic E-state index is 13.1. The van der Waals surface area contributed by atoms with E-state index >= 15 is 0 Å². The van der Waals surface area contributed by atoms with Gasteiger partial charge in [0, 0.05) is 4.90 Å². The van der Waals surface area contributed by atoms with Crippen LogP contribution in [-0.2, 0) is 0 Å². The summed E-state index contributed by atoms with van der Waals surface area (Å²) in [6.07, 6.45) is 1.94. The van der Waals surface area contributed by atoms with Crippen LogP contribution < -0.4 is 0 Å². The second kappa shape index (κ2) is 4.84. The van der Waals surface area contributed by atoms with Crippen molar-refractivity contribution in [2.24, 2.45) is 0 Å². The van der Waals surface area contributed by atoms with E-state index in [-0.39, 0.29) is 0 Å². The predicted molar refractivity (Wildman–Crippen MR) is 63.5 cm³/mol. The molecule has 0 aliphatic rings. The lowest BCUT2D eigenvalue weighted by Crippen LogP contribution is -1.91. The average molecular weight is 254 g/mol. The maximum absolute atomic E-state index is 13.1. The first-order chi connectivity index (χ1) is 8.11. The van der Waals surface area contributed by atoms with Crippen LogP contribution in [0.4, 0.5) is 13.2 Å². The van der Waals surface area contributed by atoms with Gasteiger partial charge < -0.3 is 0 Å². The van der Waals surface area contributed by atoms with E-state index < -0.39 is 17.5 Å². The molecule has 0 saturated carbocycles. The summed E-state index contributed by atoms with van der Waals surface area (Å²) in [5.41, 5.74) is 0.981. The number of hydrogen-bond donors (Lipinski definition) is 0. The molecule has 0 amide bonds. The van der Waals surface area contributed by atoms with Crippen LogP contribution in [0.5, 0.6) is 0 Å². The summed E-state index contributed by atoms with van der Waals surface area (Å²) in [7, 11) is 0. The van der Waals surface area contributed by atoms with Crippen LogP contribution in [0.15, 0.2) is 41.3 Å². The third-order valence-electron chi connectivity index (χ3n) is 2.41. The van der Waals surface area contributed by atoms with E-state index in [9.17, 15) is 13.2 Å². The first kappa shape index (κ1) is 12.0. The van der Waals surface area contributed by atoms with Gasteiger partial charge in [-0.25, -0.2) is 13.2 Å². The summed E-state index contributed by atoms with van der Waals surface area (Å²) in [6.45, 7) is 0. The van der Waals surface area contributed by atoms with Crippen molar-refractivity contribution in [3.63, 3.8) is 0 Å². The van der Waals surface area contributed by atoms with E-state index in [1.807, 2.05) is 18.4 Å². The first-order valence-electron chi connectivity index (χ1n) is 4.91. The Morgan fingerprint density at radius 1 is 0.824 bits per heavy atom. The molecule has 0 unspecified atom stereocenters. The zero-order valence-corrected chi connectivity index (χ0v) is 9.82. The average Bonchev–Trinajstić information content (AvgIpc) is 2.35. The number of halogens is 3. The Balaban J connectivity index is 2.45. The van der Waals surface area contributed by atoms with E-state index in [0.29, 0.717) is 11.1 Å². The number of rotatable bonds is 2. The molecule has 88 valence electrons. The molecule has 2 aromatic rings. The van der Waals surface area contributed by atoms with Crippen molar-refractivity contribution in [3.05, 3.63) is 53.8 Å². The third kappa shape index (κ3) is 2.47. The third-order valence-corrected chi connectivity index (χ3v) is 3.15. The van der Waals surface area contributed by atoms with E-state index in [0.717, 1.165) is 17.0 Å². The summed E-state index contributed by atoms with van der Waals surface area (Å²) in [5.74, 6) is -3.78. The van der Waals surface area contributed by atoms with E-state index in [4.69, 9.17) is 0 Å². The smallest absolute Gasteiger partial charge is 0.194 e. The van der Waals surface area contributed by atoms with Gasteiger partial charge in [0.1, 0.15) is 0 Å². The molecule has 17 heavy (non-hydrogen) atoms. The minimum absolute atomic E-state index is 0.328. The Morgan fingerprint density at radius 3 is 1.82 bits per heavy atom. The quantitative estimate of drug-likeness (QED) is 0.562. The van der Waals surface area contributed by atoms with Crippen LogP contribution in [0.1, 0.15) is 0 Å². The lowest BCUT2D eigenvalue weighted by molar-refractivity contribution is 0.448. The fraction of sp³-hybridized carbons (Fsp3) is 0.0769. The molecule has 0 heterocycles. The van der Waals surface area contributed by atoms with Gasteiger partial charge in [0.05, 0.1) is 0 Å². The fourth-order valence-corrected chi connectivity index (χ4v) is 1.91. The summed E-state index contributed by atoms with van der Waals surface area (Å²) in [6, 6.07) is 9.17. The summed E-state index contributed by atoms with van der Waals surface area (Å²) in [4.78, 5) is 1.05. The van der Waals surface area contributed by atoms with Gasteiger partial charge in [0.25, 0.3) is 0 Å². The van der Waals surface area contributed by atoms with Crippen LogP contribution in [0.25, 0.3) is 11.1 Å². The van der Waals surface area contributed by atoms with E-state index in [1.165, 1.54) is 0 Å². The van der Waals surface area contributed by atoms with Gasteiger partial charge in [0.2, 0.25) is 0 Å². The highest BCUT2D eigenvalue weighted by atomic mass is 32.2. The Labute approximate surface area is 101 Å². The normalized spacial score (nSPS) is 10.6. The second-order valence-corrected chi connectivity index (χ2v) is 4.36. The predicted octanol–water partition coefficient (Wildman–Crippen LogP) is 4.49. The standard InChI is InChI=1S/C13H9F3S/c1-17-10-4-2-8(3-5-10)9-6-11(14)13(16)12(15)7-9/h2-7H,1H3. The first-order valence-corrected chi connectivity index (χ1v) is 6.13. The zero-order chi connectivity index (χ0) is 12.4. The summed E-state index contributed by atoms with van der Waals surface area (Å²) < 4.78 is 38.9. The molecule has 4 heteroatoms. The molecule has 2 aromatic carbocycles. The van der Waals surface area contributed by atoms with Crippen molar-refractivity contribution in [2.75, 3.05) is 6.26 Å². The van der Waals surface area contributed by atoms with Crippen LogP contribution in [0.2, 0.25) is 0 Å². The molecule has 0 atom stereocenters. The molecule has 0 aliphatic carbocycles. The van der Waals surface area contributed by atoms with Crippen molar-refractivity contribution >= 4 is 11.8 Å². The Morgan fingerprint density at radius 2 is 1.35 bits per heavy atom. The topological polar surface area (TPSA) is 0 Å². The molecule has 0 saturated heterocycles. The monoisotopic (exact) mass is 254 g/mol. The van der Waals surface area contributed by atoms with Crippen molar-refractivity contribution in [3.8, 4) is 11.1 Å². The molecule has 0 aliphatic heterocycles. The molecule has 0 spiro atoms. The molecule has 0 N–H and O–H groups in total. The van der Waals surface area contributed by atoms with Crippen molar-refractivity contribution in [1.29, 1.82) is 0 Å². The van der Waals surface area contributed by atoms with Crippen molar-refractivity contribution in [2.45, 2.75) is 4.90 Å². The Bertz CT molecular complexity index is 512. The number of thioether (sulfide) groups is 1. The molecule has 0 nitrogen and oxygen atoms in total. The Kier molecular flexibility index (Phi) is 3.43. The molecular weight excluding hydrogens is 245 g/mol. The molecular formula is C13H9F3S. The highest BCUT2D eigenvalue weighted by molar-refractivity contribution is 7.98. The minimum atomic E-state index is -1.44. The second-order valence-electron chi connectivity index (χ2n) is 3.48. The van der Waals surface area contributed by atoms with Gasteiger partial charge >= 0.3 is 0 Å². The van der Waals surface area contributed by atoms with Gasteiger partial charge in [-0.3, -0.25) is 0 Å². The van der Waals surface area contributed by atoms with Gasteiger partial charge in [-0.1, -0.05) is 12.1 Å².